The second kappa shape index (κ2) is 6.01. The van der Waals surface area contributed by atoms with E-state index in [0.29, 0.717) is 31.1 Å². The number of carbonyl (C=O) groups is 1. The van der Waals surface area contributed by atoms with Gasteiger partial charge in [0.05, 0.1) is 18.2 Å². The average Bonchev–Trinajstić information content (AvgIpc) is 3.31. The van der Waals surface area contributed by atoms with Gasteiger partial charge in [-0.3, -0.25) is 4.79 Å². The normalized spacial score (nSPS) is 33.2. The molecule has 2 bridgehead atoms. The van der Waals surface area contributed by atoms with Gasteiger partial charge in [0.25, 0.3) is 16.1 Å². The predicted molar refractivity (Wildman–Crippen MR) is 91.6 cm³/mol. The van der Waals surface area contributed by atoms with Crippen molar-refractivity contribution in [3.8, 4) is 0 Å². The molecule has 10 heteroatoms. The maximum absolute atomic E-state index is 12.8. The Morgan fingerprint density at radius 3 is 2.92 bits per heavy atom. The molecule has 0 aromatic carbocycles. The molecule has 9 nitrogen and oxygen atoms in total. The number of aryl methyl sites for hydroxylation is 1. The van der Waals surface area contributed by atoms with Gasteiger partial charge in [-0.25, -0.2) is 9.71 Å². The summed E-state index contributed by atoms with van der Waals surface area (Å²) in [7, 11) is -0.485. The minimum Gasteiger partial charge on any atom is -0.448 e. The molecule has 4 rings (SSSR count). The Hall–Kier alpha value is -1.49. The Bertz CT molecular complexity index is 822. The van der Waals surface area contributed by atoms with Crippen LogP contribution in [0.2, 0.25) is 0 Å². The lowest BCUT2D eigenvalue weighted by atomic mass is 9.74. The molecule has 1 aromatic rings. The lowest BCUT2D eigenvalue weighted by Crippen LogP contribution is -2.44. The van der Waals surface area contributed by atoms with Crippen molar-refractivity contribution < 1.29 is 22.4 Å². The summed E-state index contributed by atoms with van der Waals surface area (Å²) in [6.07, 6.45) is 3.13. The Kier molecular flexibility index (Phi) is 4.14. The predicted octanol–water partition coefficient (Wildman–Crippen LogP) is -0.00138. The van der Waals surface area contributed by atoms with Crippen molar-refractivity contribution in [3.63, 3.8) is 0 Å². The van der Waals surface area contributed by atoms with Gasteiger partial charge in [-0.1, -0.05) is 0 Å². The Balaban J connectivity index is 1.50. The van der Waals surface area contributed by atoms with E-state index in [1.165, 1.54) is 20.5 Å². The number of hydrogen-bond acceptors (Lipinski definition) is 6. The van der Waals surface area contributed by atoms with Crippen LogP contribution in [0.15, 0.2) is 10.8 Å². The zero-order chi connectivity index (χ0) is 18.7. The first-order valence-corrected chi connectivity index (χ1v) is 10.2. The average molecular weight is 384 g/mol. The molecule has 0 aliphatic carbocycles. The van der Waals surface area contributed by atoms with Gasteiger partial charge in [0.2, 0.25) is 0 Å². The van der Waals surface area contributed by atoms with Crippen LogP contribution in [0.3, 0.4) is 0 Å². The zero-order valence-corrected chi connectivity index (χ0v) is 16.0. The third-order valence-electron chi connectivity index (χ3n) is 6.00. The number of ether oxygens (including phenoxy) is 1. The van der Waals surface area contributed by atoms with Crippen LogP contribution in [0.25, 0.3) is 0 Å². The quantitative estimate of drug-likeness (QED) is 0.766. The molecule has 0 radical (unpaired) electrons. The lowest BCUT2D eigenvalue weighted by molar-refractivity contribution is 0.00317. The highest BCUT2D eigenvalue weighted by atomic mass is 32.2. The number of nitrogens with zero attached hydrogens (tertiary/aromatic N) is 3. The van der Waals surface area contributed by atoms with E-state index in [2.05, 4.69) is 9.71 Å². The number of likely N-dealkylation sites (tertiary alicyclic amines) is 1. The number of rotatable bonds is 5. The fourth-order valence-corrected chi connectivity index (χ4v) is 5.27. The van der Waals surface area contributed by atoms with Gasteiger partial charge in [-0.05, 0) is 19.8 Å². The number of amides is 1. The Morgan fingerprint density at radius 2 is 2.27 bits per heavy atom. The standard InChI is InChI=1S/C16H24N4O5S/c1-10-14(17-9-24-10)15(21)20-7-12-11(6-18-26(22,23)19(2)3)13-4-5-16(12,8-20)25-13/h9,11-13,18H,4-8H2,1-3H3/t11-,12+,13+,16+/m0/s1. The molecule has 1 aromatic heterocycles. The first-order valence-electron chi connectivity index (χ1n) is 8.78. The van der Waals surface area contributed by atoms with E-state index >= 15 is 0 Å². The highest BCUT2D eigenvalue weighted by Gasteiger charge is 2.63. The van der Waals surface area contributed by atoms with Crippen LogP contribution < -0.4 is 4.72 Å². The van der Waals surface area contributed by atoms with Crippen molar-refractivity contribution in [3.05, 3.63) is 17.8 Å². The summed E-state index contributed by atoms with van der Waals surface area (Å²) >= 11 is 0. The molecule has 4 heterocycles. The van der Waals surface area contributed by atoms with E-state index < -0.39 is 10.2 Å². The first-order chi connectivity index (χ1) is 12.2. The zero-order valence-electron chi connectivity index (χ0n) is 15.1. The van der Waals surface area contributed by atoms with Gasteiger partial charge in [0.15, 0.2) is 12.1 Å². The van der Waals surface area contributed by atoms with E-state index in [0.717, 1.165) is 17.1 Å². The molecule has 144 valence electrons. The molecule has 0 unspecified atom stereocenters. The molecular weight excluding hydrogens is 360 g/mol. The van der Waals surface area contributed by atoms with Gasteiger partial charge in [0.1, 0.15) is 5.76 Å². The maximum Gasteiger partial charge on any atom is 0.278 e. The van der Waals surface area contributed by atoms with Crippen LogP contribution in [0.4, 0.5) is 0 Å². The van der Waals surface area contributed by atoms with E-state index in [1.54, 1.807) is 11.8 Å². The third-order valence-corrected chi connectivity index (χ3v) is 7.49. The van der Waals surface area contributed by atoms with Crippen LogP contribution in [-0.2, 0) is 14.9 Å². The van der Waals surface area contributed by atoms with Crippen LogP contribution in [0.5, 0.6) is 0 Å². The van der Waals surface area contributed by atoms with Crippen molar-refractivity contribution >= 4 is 16.1 Å². The van der Waals surface area contributed by atoms with E-state index in [9.17, 15) is 13.2 Å². The highest BCUT2D eigenvalue weighted by molar-refractivity contribution is 7.87. The number of carbonyl (C=O) groups excluding carboxylic acids is 1. The summed E-state index contributed by atoms with van der Waals surface area (Å²) in [5, 5.41) is 0. The molecule has 1 amide bonds. The topological polar surface area (TPSA) is 105 Å². The summed E-state index contributed by atoms with van der Waals surface area (Å²) < 4.78 is 39.3. The molecule has 3 aliphatic rings. The summed E-state index contributed by atoms with van der Waals surface area (Å²) in [5.74, 6) is 0.543. The first kappa shape index (κ1) is 17.9. The molecule has 3 saturated heterocycles. The van der Waals surface area contributed by atoms with Crippen molar-refractivity contribution in [1.82, 2.24) is 18.9 Å². The van der Waals surface area contributed by atoms with Crippen molar-refractivity contribution in [2.75, 3.05) is 33.7 Å². The molecule has 3 aliphatic heterocycles. The fraction of sp³-hybridized carbons (Fsp3) is 0.750. The molecular formula is C16H24N4O5S. The maximum atomic E-state index is 12.8. The second-order valence-corrected chi connectivity index (χ2v) is 9.58. The van der Waals surface area contributed by atoms with Crippen LogP contribution in [0, 0.1) is 18.8 Å². The largest absolute Gasteiger partial charge is 0.448 e. The monoisotopic (exact) mass is 384 g/mol. The number of aromatic nitrogens is 1. The summed E-state index contributed by atoms with van der Waals surface area (Å²) in [6, 6.07) is 0. The van der Waals surface area contributed by atoms with Crippen LogP contribution in [-0.4, -0.2) is 73.9 Å². The van der Waals surface area contributed by atoms with E-state index in [-0.39, 0.29) is 29.4 Å². The molecule has 3 fully saturated rings. The number of hydrogen-bond donors (Lipinski definition) is 1. The minimum atomic E-state index is -3.48. The number of nitrogens with one attached hydrogen (secondary N) is 1. The minimum absolute atomic E-state index is 0.0518. The summed E-state index contributed by atoms with van der Waals surface area (Å²) in [6.45, 7) is 3.12. The second-order valence-electron chi connectivity index (χ2n) is 7.61. The van der Waals surface area contributed by atoms with Crippen LogP contribution >= 0.6 is 0 Å². The smallest absolute Gasteiger partial charge is 0.278 e. The lowest BCUT2D eigenvalue weighted by Gasteiger charge is -2.29. The number of oxazole rings is 1. The van der Waals surface area contributed by atoms with Gasteiger partial charge < -0.3 is 14.1 Å². The van der Waals surface area contributed by atoms with Crippen molar-refractivity contribution in [1.29, 1.82) is 0 Å². The van der Waals surface area contributed by atoms with Gasteiger partial charge in [0, 0.05) is 39.0 Å². The molecule has 1 N–H and O–H groups in total. The Labute approximate surface area is 152 Å². The van der Waals surface area contributed by atoms with E-state index in [1.807, 2.05) is 0 Å². The van der Waals surface area contributed by atoms with Crippen molar-refractivity contribution in [2.24, 2.45) is 11.8 Å². The SMILES string of the molecule is Cc1ocnc1C(=O)N1C[C@@H]2[C@H](CNS(=O)(=O)N(C)C)[C@H]3CC[C@]2(C1)O3. The van der Waals surface area contributed by atoms with Gasteiger partial charge in [-0.2, -0.15) is 12.7 Å². The number of fused-ring (bicyclic) bond motifs is 1. The molecule has 0 saturated carbocycles. The highest BCUT2D eigenvalue weighted by Crippen LogP contribution is 2.54. The van der Waals surface area contributed by atoms with Gasteiger partial charge in [-0.15, -0.1) is 0 Å². The van der Waals surface area contributed by atoms with Crippen molar-refractivity contribution in [2.45, 2.75) is 31.5 Å². The van der Waals surface area contributed by atoms with E-state index in [4.69, 9.17) is 9.15 Å². The summed E-state index contributed by atoms with van der Waals surface area (Å²) in [4.78, 5) is 18.6. The summed E-state index contributed by atoms with van der Waals surface area (Å²) in [5.41, 5.74) is -0.0209. The third kappa shape index (κ3) is 2.67. The van der Waals surface area contributed by atoms with Gasteiger partial charge >= 0.3 is 0 Å². The molecule has 1 spiro atoms. The Morgan fingerprint density at radius 1 is 1.50 bits per heavy atom. The fourth-order valence-electron chi connectivity index (χ4n) is 4.61. The molecule has 4 atom stereocenters. The molecule has 26 heavy (non-hydrogen) atoms. The van der Waals surface area contributed by atoms with Crippen LogP contribution in [0.1, 0.15) is 29.1 Å².